The zero-order valence-electron chi connectivity index (χ0n) is 11.6. The Morgan fingerprint density at radius 1 is 1.19 bits per heavy atom. The van der Waals surface area contributed by atoms with Crippen molar-refractivity contribution in [2.75, 3.05) is 0 Å². The highest BCUT2D eigenvalue weighted by atomic mass is 16.4. The zero-order chi connectivity index (χ0) is 15.2. The van der Waals surface area contributed by atoms with Crippen molar-refractivity contribution in [2.45, 2.75) is 19.4 Å². The molecule has 1 amide bonds. The third-order valence-corrected chi connectivity index (χ3v) is 3.06. The van der Waals surface area contributed by atoms with Crippen LogP contribution in [0.15, 0.2) is 48.8 Å². The molecule has 1 aromatic heterocycles. The van der Waals surface area contributed by atoms with E-state index in [1.165, 1.54) is 6.92 Å². The van der Waals surface area contributed by atoms with Crippen LogP contribution in [0.1, 0.15) is 12.5 Å². The minimum absolute atomic E-state index is 0.252. The molecule has 0 aliphatic heterocycles. The molecular weight excluding hydrogens is 268 g/mol. The molecular formula is C16H16N2O3. The van der Waals surface area contributed by atoms with Crippen molar-refractivity contribution in [1.29, 1.82) is 0 Å². The molecule has 21 heavy (non-hydrogen) atoms. The van der Waals surface area contributed by atoms with Crippen molar-refractivity contribution in [1.82, 2.24) is 10.3 Å². The van der Waals surface area contributed by atoms with Gasteiger partial charge in [-0.2, -0.15) is 0 Å². The molecule has 1 atom stereocenters. The molecule has 0 unspecified atom stereocenters. The van der Waals surface area contributed by atoms with Gasteiger partial charge in [-0.15, -0.1) is 0 Å². The Balaban J connectivity index is 2.11. The fourth-order valence-electron chi connectivity index (χ4n) is 2.05. The molecule has 0 aliphatic carbocycles. The van der Waals surface area contributed by atoms with Crippen LogP contribution in [-0.2, 0) is 16.0 Å². The predicted molar refractivity (Wildman–Crippen MR) is 78.6 cm³/mol. The number of carboxylic acids is 1. The Morgan fingerprint density at radius 2 is 1.90 bits per heavy atom. The number of carbonyl (C=O) groups is 2. The van der Waals surface area contributed by atoms with Crippen LogP contribution in [0.2, 0.25) is 0 Å². The first-order valence-electron chi connectivity index (χ1n) is 6.55. The molecule has 0 bridgehead atoms. The van der Waals surface area contributed by atoms with Gasteiger partial charge in [-0.3, -0.25) is 9.78 Å². The summed E-state index contributed by atoms with van der Waals surface area (Å²) in [6.07, 6.45) is 3.73. The Bertz CT molecular complexity index is 624. The van der Waals surface area contributed by atoms with Gasteiger partial charge in [-0.05, 0) is 22.8 Å². The number of rotatable bonds is 5. The summed E-state index contributed by atoms with van der Waals surface area (Å²) in [5.41, 5.74) is 2.86. The lowest BCUT2D eigenvalue weighted by atomic mass is 10.0. The van der Waals surface area contributed by atoms with Gasteiger partial charge in [0.2, 0.25) is 5.91 Å². The third-order valence-electron chi connectivity index (χ3n) is 3.06. The number of aliphatic carboxylic acids is 1. The fraction of sp³-hybridized carbons (Fsp3) is 0.188. The number of aromatic nitrogens is 1. The molecule has 2 aromatic rings. The number of hydrogen-bond acceptors (Lipinski definition) is 3. The van der Waals surface area contributed by atoms with E-state index in [0.29, 0.717) is 0 Å². The van der Waals surface area contributed by atoms with Crippen LogP contribution < -0.4 is 5.32 Å². The van der Waals surface area contributed by atoms with E-state index in [0.717, 1.165) is 16.7 Å². The zero-order valence-corrected chi connectivity index (χ0v) is 11.6. The lowest BCUT2D eigenvalue weighted by molar-refractivity contribution is -0.141. The van der Waals surface area contributed by atoms with E-state index in [4.69, 9.17) is 5.11 Å². The molecule has 0 saturated heterocycles. The van der Waals surface area contributed by atoms with Crippen LogP contribution in [0.25, 0.3) is 11.1 Å². The number of amides is 1. The Hall–Kier alpha value is -2.69. The summed E-state index contributed by atoms with van der Waals surface area (Å²) in [6.45, 7) is 1.31. The highest BCUT2D eigenvalue weighted by molar-refractivity contribution is 5.82. The van der Waals surface area contributed by atoms with Crippen LogP contribution in [-0.4, -0.2) is 28.0 Å². The molecule has 5 nitrogen and oxygen atoms in total. The molecule has 0 saturated carbocycles. The highest BCUT2D eigenvalue weighted by Gasteiger charge is 2.18. The summed E-state index contributed by atoms with van der Waals surface area (Å²) in [7, 11) is 0. The second kappa shape index (κ2) is 6.65. The second-order valence-corrected chi connectivity index (χ2v) is 4.73. The van der Waals surface area contributed by atoms with Crippen molar-refractivity contribution in [3.63, 3.8) is 0 Å². The number of benzene rings is 1. The molecule has 0 radical (unpaired) electrons. The van der Waals surface area contributed by atoms with E-state index >= 15 is 0 Å². The minimum Gasteiger partial charge on any atom is -0.480 e. The summed E-state index contributed by atoms with van der Waals surface area (Å²) in [6, 6.07) is 10.5. The lowest BCUT2D eigenvalue weighted by Gasteiger charge is -2.13. The summed E-state index contributed by atoms with van der Waals surface area (Å²) in [5.74, 6) is -1.39. The van der Waals surface area contributed by atoms with E-state index < -0.39 is 12.0 Å². The van der Waals surface area contributed by atoms with E-state index in [-0.39, 0.29) is 12.3 Å². The first-order chi connectivity index (χ1) is 10.1. The van der Waals surface area contributed by atoms with Gasteiger partial charge in [0.25, 0.3) is 0 Å². The standard InChI is InChI=1S/C16H16N2O3/c1-11(19)18-15(16(20)21)9-12-4-6-13(7-5-12)14-3-2-8-17-10-14/h2-8,10,15H,9H2,1H3,(H,18,19)(H,20,21)/t15-/m1/s1. The summed E-state index contributed by atoms with van der Waals surface area (Å²) >= 11 is 0. The molecule has 0 aliphatic rings. The van der Waals surface area contributed by atoms with Crippen LogP contribution in [0.3, 0.4) is 0 Å². The topological polar surface area (TPSA) is 79.3 Å². The monoisotopic (exact) mass is 284 g/mol. The normalized spacial score (nSPS) is 11.7. The van der Waals surface area contributed by atoms with Crippen molar-refractivity contribution >= 4 is 11.9 Å². The Labute approximate surface area is 122 Å². The number of carbonyl (C=O) groups excluding carboxylic acids is 1. The molecule has 2 N–H and O–H groups in total. The van der Waals surface area contributed by atoms with E-state index in [2.05, 4.69) is 10.3 Å². The summed E-state index contributed by atoms with van der Waals surface area (Å²) in [5, 5.41) is 11.5. The van der Waals surface area contributed by atoms with E-state index in [9.17, 15) is 9.59 Å². The number of carboxylic acid groups (broad SMARTS) is 1. The molecule has 5 heteroatoms. The van der Waals surface area contributed by atoms with Crippen LogP contribution >= 0.6 is 0 Å². The number of hydrogen-bond donors (Lipinski definition) is 2. The fourth-order valence-corrected chi connectivity index (χ4v) is 2.05. The smallest absolute Gasteiger partial charge is 0.326 e. The maximum Gasteiger partial charge on any atom is 0.326 e. The third kappa shape index (κ3) is 4.14. The van der Waals surface area contributed by atoms with Crippen molar-refractivity contribution < 1.29 is 14.7 Å². The number of nitrogens with one attached hydrogen (secondary N) is 1. The van der Waals surface area contributed by atoms with Crippen molar-refractivity contribution in [3.8, 4) is 11.1 Å². The highest BCUT2D eigenvalue weighted by Crippen LogP contribution is 2.18. The van der Waals surface area contributed by atoms with Crippen LogP contribution in [0, 0.1) is 0 Å². The van der Waals surface area contributed by atoms with Crippen molar-refractivity contribution in [2.24, 2.45) is 0 Å². The molecule has 1 heterocycles. The van der Waals surface area contributed by atoms with Gasteiger partial charge in [-0.1, -0.05) is 30.3 Å². The van der Waals surface area contributed by atoms with E-state index in [1.807, 2.05) is 36.4 Å². The maximum absolute atomic E-state index is 11.1. The van der Waals surface area contributed by atoms with Gasteiger partial charge >= 0.3 is 5.97 Å². The SMILES string of the molecule is CC(=O)N[C@H](Cc1ccc(-c2cccnc2)cc1)C(=O)O. The maximum atomic E-state index is 11.1. The van der Waals surface area contributed by atoms with Gasteiger partial charge in [0.15, 0.2) is 0 Å². The van der Waals surface area contributed by atoms with Crippen LogP contribution in [0.4, 0.5) is 0 Å². The average Bonchev–Trinajstić information content (AvgIpc) is 2.48. The second-order valence-electron chi connectivity index (χ2n) is 4.73. The van der Waals surface area contributed by atoms with Crippen molar-refractivity contribution in [3.05, 3.63) is 54.4 Å². The number of pyridine rings is 1. The molecule has 0 spiro atoms. The molecule has 2 rings (SSSR count). The minimum atomic E-state index is -1.04. The van der Waals surface area contributed by atoms with Gasteiger partial charge in [0, 0.05) is 25.7 Å². The molecule has 1 aromatic carbocycles. The largest absolute Gasteiger partial charge is 0.480 e. The average molecular weight is 284 g/mol. The first-order valence-corrected chi connectivity index (χ1v) is 6.55. The quantitative estimate of drug-likeness (QED) is 0.878. The van der Waals surface area contributed by atoms with Gasteiger partial charge in [0.05, 0.1) is 0 Å². The van der Waals surface area contributed by atoms with E-state index in [1.54, 1.807) is 12.4 Å². The van der Waals surface area contributed by atoms with Gasteiger partial charge in [-0.25, -0.2) is 4.79 Å². The predicted octanol–water partition coefficient (Wildman–Crippen LogP) is 1.88. The van der Waals surface area contributed by atoms with Gasteiger partial charge in [0.1, 0.15) is 6.04 Å². The summed E-state index contributed by atoms with van der Waals surface area (Å²) in [4.78, 5) is 26.2. The van der Waals surface area contributed by atoms with Crippen LogP contribution in [0.5, 0.6) is 0 Å². The first kappa shape index (κ1) is 14.7. The number of nitrogens with zero attached hydrogens (tertiary/aromatic N) is 1. The lowest BCUT2D eigenvalue weighted by Crippen LogP contribution is -2.41. The summed E-state index contributed by atoms with van der Waals surface area (Å²) < 4.78 is 0. The Morgan fingerprint density at radius 3 is 2.43 bits per heavy atom. The molecule has 0 fully saturated rings. The molecule has 108 valence electrons. The Kier molecular flexibility index (Phi) is 4.66. The van der Waals surface area contributed by atoms with Gasteiger partial charge < -0.3 is 10.4 Å².